The topological polar surface area (TPSA) is 70.0 Å². The molecule has 1 N–H and O–H groups in total. The third-order valence-electron chi connectivity index (χ3n) is 2.76. The highest BCUT2D eigenvalue weighted by molar-refractivity contribution is 7.98. The van der Waals surface area contributed by atoms with Gasteiger partial charge in [-0.15, -0.1) is 16.7 Å². The van der Waals surface area contributed by atoms with E-state index in [1.165, 1.54) is 17.1 Å². The van der Waals surface area contributed by atoms with Crippen molar-refractivity contribution in [3.63, 3.8) is 0 Å². The molecule has 2 rings (SSSR count). The molecule has 0 aliphatic rings. The minimum absolute atomic E-state index is 0.164. The molecule has 0 unspecified atom stereocenters. The molecule has 5 nitrogen and oxygen atoms in total. The molecule has 0 aliphatic heterocycles. The van der Waals surface area contributed by atoms with Gasteiger partial charge in [-0.25, -0.2) is 4.79 Å². The van der Waals surface area contributed by atoms with Crippen LogP contribution in [0, 0.1) is 4.91 Å². The lowest BCUT2D eigenvalue weighted by atomic mass is 10.2. The van der Waals surface area contributed by atoms with Gasteiger partial charge in [-0.05, 0) is 54.8 Å². The van der Waals surface area contributed by atoms with Gasteiger partial charge in [-0.2, -0.15) is 5.01 Å². The summed E-state index contributed by atoms with van der Waals surface area (Å²) in [6, 6.07) is 13.3. The quantitative estimate of drug-likeness (QED) is 0.513. The molecular formula is C14H12N2O3S. The molecule has 0 aliphatic carbocycles. The van der Waals surface area contributed by atoms with Crippen LogP contribution in [0.1, 0.15) is 10.4 Å². The van der Waals surface area contributed by atoms with Crippen LogP contribution in [0.5, 0.6) is 0 Å². The van der Waals surface area contributed by atoms with Crippen molar-refractivity contribution in [2.24, 2.45) is 5.29 Å². The maximum atomic E-state index is 11.0. The molecule has 2 aromatic rings. The van der Waals surface area contributed by atoms with Crippen LogP contribution in [-0.2, 0) is 0 Å². The summed E-state index contributed by atoms with van der Waals surface area (Å²) in [5.41, 5.74) is 1.31. The highest BCUT2D eigenvalue weighted by Crippen LogP contribution is 2.27. The molecule has 6 heteroatoms. The smallest absolute Gasteiger partial charge is 0.335 e. The normalized spacial score (nSPS) is 10.1. The monoisotopic (exact) mass is 288 g/mol. The number of thioether (sulfide) groups is 1. The van der Waals surface area contributed by atoms with Crippen LogP contribution in [0.2, 0.25) is 0 Å². The van der Waals surface area contributed by atoms with E-state index in [1.807, 2.05) is 18.4 Å². The van der Waals surface area contributed by atoms with Crippen molar-refractivity contribution >= 4 is 29.1 Å². The zero-order valence-corrected chi connectivity index (χ0v) is 11.5. The number of nitroso groups, excluding NO2 is 1. The Morgan fingerprint density at radius 2 is 1.55 bits per heavy atom. The Morgan fingerprint density at radius 1 is 1.05 bits per heavy atom. The summed E-state index contributed by atoms with van der Waals surface area (Å²) in [7, 11) is 0. The zero-order valence-electron chi connectivity index (χ0n) is 10.7. The summed E-state index contributed by atoms with van der Waals surface area (Å²) in [5, 5.41) is 13.1. The van der Waals surface area contributed by atoms with E-state index in [0.29, 0.717) is 11.4 Å². The molecule has 0 radical (unpaired) electrons. The maximum Gasteiger partial charge on any atom is 0.335 e. The van der Waals surface area contributed by atoms with Crippen LogP contribution in [0.15, 0.2) is 58.7 Å². The van der Waals surface area contributed by atoms with Gasteiger partial charge in [-0.1, -0.05) is 0 Å². The van der Waals surface area contributed by atoms with E-state index in [-0.39, 0.29) is 5.56 Å². The average molecular weight is 288 g/mol. The fraction of sp³-hybridized carbons (Fsp3) is 0.0714. The summed E-state index contributed by atoms with van der Waals surface area (Å²) in [4.78, 5) is 22.9. The lowest BCUT2D eigenvalue weighted by Gasteiger charge is -2.15. The number of carboxylic acid groups (broad SMARTS) is 1. The van der Waals surface area contributed by atoms with Gasteiger partial charge < -0.3 is 5.11 Å². The molecule has 0 atom stereocenters. The predicted molar refractivity (Wildman–Crippen MR) is 79.6 cm³/mol. The molecule has 20 heavy (non-hydrogen) atoms. The van der Waals surface area contributed by atoms with Crippen molar-refractivity contribution < 1.29 is 9.90 Å². The fourth-order valence-corrected chi connectivity index (χ4v) is 2.12. The molecule has 0 saturated carbocycles. The van der Waals surface area contributed by atoms with Crippen molar-refractivity contribution in [3.05, 3.63) is 59.0 Å². The fourth-order valence-electron chi connectivity index (χ4n) is 1.71. The Balaban J connectivity index is 2.31. The maximum absolute atomic E-state index is 11.0. The Morgan fingerprint density at radius 3 is 1.95 bits per heavy atom. The van der Waals surface area contributed by atoms with Crippen LogP contribution in [0.25, 0.3) is 0 Å². The number of nitrogens with zero attached hydrogens (tertiary/aromatic N) is 2. The van der Waals surface area contributed by atoms with Crippen molar-refractivity contribution in [3.8, 4) is 0 Å². The second kappa shape index (κ2) is 6.21. The van der Waals surface area contributed by atoms with Gasteiger partial charge >= 0.3 is 5.97 Å². The highest BCUT2D eigenvalue weighted by Gasteiger charge is 2.11. The number of carbonyl (C=O) groups is 1. The number of carboxylic acids is 1. The minimum atomic E-state index is -1.01. The van der Waals surface area contributed by atoms with Gasteiger partial charge in [0.25, 0.3) is 0 Å². The number of hydrogen-bond donors (Lipinski definition) is 1. The SMILES string of the molecule is CSc1ccc(N(N=O)c2ccc(C(=O)O)cc2)cc1. The van der Waals surface area contributed by atoms with Gasteiger partial charge in [0.05, 0.1) is 22.2 Å². The Kier molecular flexibility index (Phi) is 4.37. The van der Waals surface area contributed by atoms with Crippen molar-refractivity contribution in [2.75, 3.05) is 11.3 Å². The van der Waals surface area contributed by atoms with Gasteiger partial charge in [0.2, 0.25) is 0 Å². The van der Waals surface area contributed by atoms with Crippen molar-refractivity contribution in [2.45, 2.75) is 4.90 Å². The molecular weight excluding hydrogens is 276 g/mol. The first kappa shape index (κ1) is 14.1. The molecule has 0 heterocycles. The molecule has 2 aromatic carbocycles. The van der Waals surface area contributed by atoms with E-state index in [1.54, 1.807) is 36.0 Å². The first-order chi connectivity index (χ1) is 9.65. The number of anilines is 2. The van der Waals surface area contributed by atoms with Crippen LogP contribution < -0.4 is 5.01 Å². The van der Waals surface area contributed by atoms with Gasteiger partial charge in [-0.3, -0.25) is 0 Å². The number of aromatic carboxylic acids is 1. The number of benzene rings is 2. The Labute approximate surface area is 120 Å². The molecule has 0 spiro atoms. The summed E-state index contributed by atoms with van der Waals surface area (Å²) in [6.45, 7) is 0. The van der Waals surface area contributed by atoms with E-state index in [4.69, 9.17) is 5.11 Å². The van der Waals surface area contributed by atoms with E-state index in [9.17, 15) is 9.70 Å². The third-order valence-corrected chi connectivity index (χ3v) is 3.50. The van der Waals surface area contributed by atoms with Crippen LogP contribution >= 0.6 is 11.8 Å². The molecule has 0 bridgehead atoms. The second-order valence-corrected chi connectivity index (χ2v) is 4.82. The number of hydrogen-bond acceptors (Lipinski definition) is 4. The molecule has 0 aromatic heterocycles. The standard InChI is InChI=1S/C14H12N2O3S/c1-20-13-8-6-12(7-9-13)16(15-19)11-4-2-10(3-5-11)14(17)18/h2-9H,1H3,(H,17,18). The van der Waals surface area contributed by atoms with E-state index >= 15 is 0 Å². The van der Waals surface area contributed by atoms with E-state index < -0.39 is 5.97 Å². The Hall–Kier alpha value is -2.34. The highest BCUT2D eigenvalue weighted by atomic mass is 32.2. The van der Waals surface area contributed by atoms with Crippen LogP contribution in [-0.4, -0.2) is 17.3 Å². The largest absolute Gasteiger partial charge is 0.478 e. The summed E-state index contributed by atoms with van der Waals surface area (Å²) >= 11 is 1.61. The molecule has 0 amide bonds. The first-order valence-electron chi connectivity index (χ1n) is 5.76. The number of rotatable bonds is 5. The molecule has 0 saturated heterocycles. The van der Waals surface area contributed by atoms with Crippen LogP contribution in [0.4, 0.5) is 11.4 Å². The Bertz CT molecular complexity index is 611. The van der Waals surface area contributed by atoms with Crippen molar-refractivity contribution in [1.82, 2.24) is 0 Å². The van der Waals surface area contributed by atoms with Crippen LogP contribution in [0.3, 0.4) is 0 Å². The lowest BCUT2D eigenvalue weighted by Crippen LogP contribution is -2.07. The minimum Gasteiger partial charge on any atom is -0.478 e. The summed E-state index contributed by atoms with van der Waals surface area (Å²) in [5.74, 6) is -1.01. The second-order valence-electron chi connectivity index (χ2n) is 3.94. The lowest BCUT2D eigenvalue weighted by molar-refractivity contribution is 0.0697. The third kappa shape index (κ3) is 2.97. The van der Waals surface area contributed by atoms with E-state index in [2.05, 4.69) is 5.29 Å². The zero-order chi connectivity index (χ0) is 14.5. The summed E-state index contributed by atoms with van der Waals surface area (Å²) < 4.78 is 0. The summed E-state index contributed by atoms with van der Waals surface area (Å²) in [6.07, 6.45) is 1.97. The van der Waals surface area contributed by atoms with Gasteiger partial charge in [0, 0.05) is 4.90 Å². The van der Waals surface area contributed by atoms with Gasteiger partial charge in [0.15, 0.2) is 0 Å². The van der Waals surface area contributed by atoms with E-state index in [0.717, 1.165) is 4.90 Å². The molecule has 102 valence electrons. The van der Waals surface area contributed by atoms with Gasteiger partial charge in [0.1, 0.15) is 0 Å². The average Bonchev–Trinajstić information content (AvgIpc) is 2.49. The predicted octanol–water partition coefficient (Wildman–Crippen LogP) is 3.93. The molecule has 0 fully saturated rings. The first-order valence-corrected chi connectivity index (χ1v) is 6.99. The van der Waals surface area contributed by atoms with Crippen molar-refractivity contribution in [1.29, 1.82) is 0 Å².